The molecule has 1 atom stereocenters. The van der Waals surface area contributed by atoms with E-state index in [0.717, 1.165) is 12.4 Å². The van der Waals surface area contributed by atoms with Crippen molar-refractivity contribution >= 4 is 0 Å². The van der Waals surface area contributed by atoms with Gasteiger partial charge in [0.05, 0.1) is 0 Å². The SMILES string of the molecule is Cc1nccn1CCCCCCCCCCCC(C)CO. The van der Waals surface area contributed by atoms with Crippen LogP contribution in [0.25, 0.3) is 0 Å². The number of imidazole rings is 1. The molecule has 0 aliphatic carbocycles. The number of aryl methyl sites for hydroxylation is 2. The van der Waals surface area contributed by atoms with Gasteiger partial charge in [-0.15, -0.1) is 0 Å². The smallest absolute Gasteiger partial charge is 0.105 e. The Kier molecular flexibility index (Phi) is 10.2. The molecule has 0 fully saturated rings. The summed E-state index contributed by atoms with van der Waals surface area (Å²) in [6.07, 6.45) is 17.3. The minimum absolute atomic E-state index is 0.346. The molecular formula is C18H34N2O. The molecule has 1 aromatic heterocycles. The first-order chi connectivity index (χ1) is 10.2. The van der Waals surface area contributed by atoms with Crippen LogP contribution >= 0.6 is 0 Å². The van der Waals surface area contributed by atoms with Gasteiger partial charge in [0.1, 0.15) is 5.82 Å². The predicted octanol–water partition coefficient (Wildman–Crippen LogP) is 4.72. The Morgan fingerprint density at radius 3 is 2.10 bits per heavy atom. The lowest BCUT2D eigenvalue weighted by molar-refractivity contribution is 0.227. The van der Waals surface area contributed by atoms with Crippen LogP contribution in [0, 0.1) is 12.8 Å². The fourth-order valence-corrected chi connectivity index (χ4v) is 2.74. The number of rotatable bonds is 13. The highest BCUT2D eigenvalue weighted by atomic mass is 16.3. The molecule has 3 heteroatoms. The van der Waals surface area contributed by atoms with E-state index in [-0.39, 0.29) is 0 Å². The third-order valence-corrected chi connectivity index (χ3v) is 4.33. The normalized spacial score (nSPS) is 12.7. The number of unbranched alkanes of at least 4 members (excludes halogenated alkanes) is 8. The molecule has 0 spiro atoms. The number of hydrogen-bond acceptors (Lipinski definition) is 2. The molecule has 0 aliphatic heterocycles. The largest absolute Gasteiger partial charge is 0.396 e. The summed E-state index contributed by atoms with van der Waals surface area (Å²) < 4.78 is 2.24. The second kappa shape index (κ2) is 11.8. The molecule has 1 aromatic rings. The Bertz CT molecular complexity index is 349. The first-order valence-corrected chi connectivity index (χ1v) is 8.82. The molecule has 1 unspecified atom stereocenters. The maximum Gasteiger partial charge on any atom is 0.105 e. The van der Waals surface area contributed by atoms with Crippen LogP contribution in [0.1, 0.15) is 77.0 Å². The monoisotopic (exact) mass is 294 g/mol. The fraction of sp³-hybridized carbons (Fsp3) is 0.833. The Balaban J connectivity index is 1.80. The molecule has 1 rings (SSSR count). The van der Waals surface area contributed by atoms with Crippen molar-refractivity contribution in [2.75, 3.05) is 6.61 Å². The quantitative estimate of drug-likeness (QED) is 0.534. The highest BCUT2D eigenvalue weighted by Crippen LogP contribution is 2.13. The topological polar surface area (TPSA) is 38.0 Å². The van der Waals surface area contributed by atoms with Gasteiger partial charge >= 0.3 is 0 Å². The van der Waals surface area contributed by atoms with Crippen molar-refractivity contribution in [2.45, 2.75) is 84.6 Å². The molecule has 0 amide bonds. The van der Waals surface area contributed by atoms with Crippen LogP contribution < -0.4 is 0 Å². The van der Waals surface area contributed by atoms with E-state index in [1.807, 2.05) is 6.20 Å². The van der Waals surface area contributed by atoms with E-state index in [9.17, 15) is 0 Å². The zero-order valence-corrected chi connectivity index (χ0v) is 14.1. The highest BCUT2D eigenvalue weighted by molar-refractivity contribution is 4.87. The molecule has 122 valence electrons. The molecule has 0 bridgehead atoms. The maximum absolute atomic E-state index is 8.95. The van der Waals surface area contributed by atoms with Crippen LogP contribution in [0.15, 0.2) is 12.4 Å². The number of aromatic nitrogens is 2. The van der Waals surface area contributed by atoms with Crippen molar-refractivity contribution in [3.8, 4) is 0 Å². The predicted molar refractivity (Wildman–Crippen MR) is 89.4 cm³/mol. The van der Waals surface area contributed by atoms with Crippen LogP contribution in [0.5, 0.6) is 0 Å². The van der Waals surface area contributed by atoms with Crippen molar-refractivity contribution in [3.05, 3.63) is 18.2 Å². The summed E-state index contributed by atoms with van der Waals surface area (Å²) >= 11 is 0. The second-order valence-electron chi connectivity index (χ2n) is 6.43. The zero-order valence-electron chi connectivity index (χ0n) is 14.1. The van der Waals surface area contributed by atoms with Crippen LogP contribution in [0.3, 0.4) is 0 Å². The fourth-order valence-electron chi connectivity index (χ4n) is 2.74. The van der Waals surface area contributed by atoms with Crippen LogP contribution in [-0.2, 0) is 6.54 Å². The summed E-state index contributed by atoms with van der Waals surface area (Å²) in [5.74, 6) is 1.62. The average Bonchev–Trinajstić information content (AvgIpc) is 2.89. The van der Waals surface area contributed by atoms with Gasteiger partial charge in [-0.2, -0.15) is 0 Å². The van der Waals surface area contributed by atoms with E-state index < -0.39 is 0 Å². The van der Waals surface area contributed by atoms with Crippen molar-refractivity contribution < 1.29 is 5.11 Å². The van der Waals surface area contributed by atoms with E-state index in [1.54, 1.807) is 0 Å². The van der Waals surface area contributed by atoms with E-state index >= 15 is 0 Å². The summed E-state index contributed by atoms with van der Waals surface area (Å²) in [6, 6.07) is 0. The third kappa shape index (κ3) is 8.92. The van der Waals surface area contributed by atoms with Gasteiger partial charge in [-0.3, -0.25) is 0 Å². The van der Waals surface area contributed by atoms with Crippen molar-refractivity contribution in [1.29, 1.82) is 0 Å². The van der Waals surface area contributed by atoms with Gasteiger partial charge in [0.25, 0.3) is 0 Å². The maximum atomic E-state index is 8.95. The lowest BCUT2D eigenvalue weighted by Gasteiger charge is -2.07. The van der Waals surface area contributed by atoms with Crippen molar-refractivity contribution in [1.82, 2.24) is 9.55 Å². The van der Waals surface area contributed by atoms with Gasteiger partial charge in [-0.25, -0.2) is 4.98 Å². The Hall–Kier alpha value is -0.830. The minimum atomic E-state index is 0.346. The van der Waals surface area contributed by atoms with Gasteiger partial charge < -0.3 is 9.67 Å². The van der Waals surface area contributed by atoms with E-state index in [0.29, 0.717) is 12.5 Å². The molecule has 1 N–H and O–H groups in total. The summed E-state index contributed by atoms with van der Waals surface area (Å²) in [6.45, 7) is 5.67. The molecule has 0 saturated heterocycles. The Morgan fingerprint density at radius 1 is 1.00 bits per heavy atom. The lowest BCUT2D eigenvalue weighted by atomic mass is 10.0. The van der Waals surface area contributed by atoms with Gasteiger partial charge in [-0.05, 0) is 25.7 Å². The molecule has 0 radical (unpaired) electrons. The standard InChI is InChI=1S/C18H34N2O/c1-17(16-21)12-10-8-6-4-3-5-7-9-11-14-20-15-13-19-18(20)2/h13,15,17,21H,3-12,14,16H2,1-2H3. The Labute approximate surface area is 130 Å². The molecule has 0 saturated carbocycles. The molecular weight excluding hydrogens is 260 g/mol. The van der Waals surface area contributed by atoms with E-state index in [4.69, 9.17) is 5.11 Å². The molecule has 3 nitrogen and oxygen atoms in total. The number of hydrogen-bond donors (Lipinski definition) is 1. The first kappa shape index (κ1) is 18.2. The summed E-state index contributed by atoms with van der Waals surface area (Å²) in [7, 11) is 0. The minimum Gasteiger partial charge on any atom is -0.396 e. The van der Waals surface area contributed by atoms with E-state index in [2.05, 4.69) is 29.6 Å². The third-order valence-electron chi connectivity index (χ3n) is 4.33. The van der Waals surface area contributed by atoms with Gasteiger partial charge in [0, 0.05) is 25.5 Å². The highest BCUT2D eigenvalue weighted by Gasteiger charge is 1.99. The summed E-state index contributed by atoms with van der Waals surface area (Å²) in [5, 5.41) is 8.95. The van der Waals surface area contributed by atoms with Crippen molar-refractivity contribution in [3.63, 3.8) is 0 Å². The molecule has 21 heavy (non-hydrogen) atoms. The zero-order chi connectivity index (χ0) is 15.3. The number of nitrogens with zero attached hydrogens (tertiary/aromatic N) is 2. The van der Waals surface area contributed by atoms with Gasteiger partial charge in [-0.1, -0.05) is 58.3 Å². The van der Waals surface area contributed by atoms with Crippen LogP contribution in [-0.4, -0.2) is 21.3 Å². The van der Waals surface area contributed by atoms with Gasteiger partial charge in [0.15, 0.2) is 0 Å². The summed E-state index contributed by atoms with van der Waals surface area (Å²) in [5.41, 5.74) is 0. The molecule has 1 heterocycles. The van der Waals surface area contributed by atoms with Gasteiger partial charge in [0.2, 0.25) is 0 Å². The average molecular weight is 294 g/mol. The number of aliphatic hydroxyl groups excluding tert-OH is 1. The summed E-state index contributed by atoms with van der Waals surface area (Å²) in [4.78, 5) is 4.25. The molecule has 0 aliphatic rings. The lowest BCUT2D eigenvalue weighted by Crippen LogP contribution is -1.99. The number of aliphatic hydroxyl groups is 1. The van der Waals surface area contributed by atoms with E-state index in [1.165, 1.54) is 64.2 Å². The van der Waals surface area contributed by atoms with Crippen molar-refractivity contribution in [2.24, 2.45) is 5.92 Å². The van der Waals surface area contributed by atoms with Crippen LogP contribution in [0.4, 0.5) is 0 Å². The second-order valence-corrected chi connectivity index (χ2v) is 6.43. The Morgan fingerprint density at radius 2 is 1.57 bits per heavy atom. The first-order valence-electron chi connectivity index (χ1n) is 8.82. The molecule has 0 aromatic carbocycles. The van der Waals surface area contributed by atoms with Crippen LogP contribution in [0.2, 0.25) is 0 Å².